The van der Waals surface area contributed by atoms with E-state index in [0.29, 0.717) is 6.42 Å². The molecule has 1 aliphatic rings. The van der Waals surface area contributed by atoms with Crippen LogP contribution in [0.3, 0.4) is 0 Å². The SMILES string of the molecule is C#CCN1CC(=O)NC(CC)C1=O. The summed E-state index contributed by atoms with van der Waals surface area (Å²) in [7, 11) is 0. The maximum Gasteiger partial charge on any atom is 0.246 e. The topological polar surface area (TPSA) is 49.4 Å². The van der Waals surface area contributed by atoms with Crippen LogP contribution in [-0.2, 0) is 9.59 Å². The summed E-state index contributed by atoms with van der Waals surface area (Å²) in [6, 6.07) is -0.394. The first kappa shape index (κ1) is 9.59. The van der Waals surface area contributed by atoms with Crippen molar-refractivity contribution in [3.8, 4) is 12.3 Å². The first-order valence-electron chi connectivity index (χ1n) is 4.20. The van der Waals surface area contributed by atoms with Gasteiger partial charge in [0.25, 0.3) is 0 Å². The lowest BCUT2D eigenvalue weighted by Gasteiger charge is -2.30. The Hall–Kier alpha value is -1.50. The molecule has 1 heterocycles. The molecule has 1 unspecified atom stereocenters. The van der Waals surface area contributed by atoms with Crippen LogP contribution in [-0.4, -0.2) is 35.8 Å². The molecule has 4 nitrogen and oxygen atoms in total. The summed E-state index contributed by atoms with van der Waals surface area (Å²) in [5.41, 5.74) is 0. The molecule has 0 aromatic heterocycles. The number of rotatable bonds is 2. The van der Waals surface area contributed by atoms with Crippen LogP contribution >= 0.6 is 0 Å². The normalized spacial score (nSPS) is 22.5. The van der Waals surface area contributed by atoms with Crippen LogP contribution in [0, 0.1) is 12.3 Å². The summed E-state index contributed by atoms with van der Waals surface area (Å²) < 4.78 is 0. The van der Waals surface area contributed by atoms with Gasteiger partial charge in [0.05, 0.1) is 6.54 Å². The fraction of sp³-hybridized carbons (Fsp3) is 0.556. The summed E-state index contributed by atoms with van der Waals surface area (Å²) >= 11 is 0. The Morgan fingerprint density at radius 3 is 2.92 bits per heavy atom. The third-order valence-corrected chi connectivity index (χ3v) is 1.97. The van der Waals surface area contributed by atoms with Crippen molar-refractivity contribution in [3.05, 3.63) is 0 Å². The highest BCUT2D eigenvalue weighted by Gasteiger charge is 2.30. The molecular formula is C9H12N2O2. The smallest absolute Gasteiger partial charge is 0.246 e. The standard InChI is InChI=1S/C9H12N2O2/c1-3-5-11-6-8(12)10-7(4-2)9(11)13/h1,7H,4-6H2,2H3,(H,10,12). The van der Waals surface area contributed by atoms with Crippen LogP contribution < -0.4 is 5.32 Å². The molecule has 0 radical (unpaired) electrons. The van der Waals surface area contributed by atoms with Gasteiger partial charge in [-0.1, -0.05) is 12.8 Å². The fourth-order valence-electron chi connectivity index (χ4n) is 1.29. The van der Waals surface area contributed by atoms with E-state index in [0.717, 1.165) is 0 Å². The molecule has 1 aliphatic heterocycles. The molecule has 1 saturated heterocycles. The van der Waals surface area contributed by atoms with E-state index in [4.69, 9.17) is 6.42 Å². The fourth-order valence-corrected chi connectivity index (χ4v) is 1.29. The van der Waals surface area contributed by atoms with E-state index in [1.807, 2.05) is 6.92 Å². The Kier molecular flexibility index (Phi) is 2.91. The number of carbonyl (C=O) groups is 2. The third-order valence-electron chi connectivity index (χ3n) is 1.97. The highest BCUT2D eigenvalue weighted by molar-refractivity contribution is 5.94. The Bertz CT molecular complexity index is 267. The van der Waals surface area contributed by atoms with Crippen molar-refractivity contribution in [2.45, 2.75) is 19.4 Å². The van der Waals surface area contributed by atoms with Gasteiger partial charge < -0.3 is 10.2 Å². The minimum atomic E-state index is -0.394. The van der Waals surface area contributed by atoms with Crippen LogP contribution in [0.2, 0.25) is 0 Å². The zero-order valence-electron chi connectivity index (χ0n) is 7.54. The van der Waals surface area contributed by atoms with Crippen molar-refractivity contribution >= 4 is 11.8 Å². The molecule has 1 atom stereocenters. The zero-order valence-corrected chi connectivity index (χ0v) is 7.54. The summed E-state index contributed by atoms with van der Waals surface area (Å²) in [6.45, 7) is 2.14. The van der Waals surface area contributed by atoms with E-state index >= 15 is 0 Å². The molecule has 1 fully saturated rings. The van der Waals surface area contributed by atoms with Crippen molar-refractivity contribution in [1.29, 1.82) is 0 Å². The van der Waals surface area contributed by atoms with Crippen LogP contribution in [0.1, 0.15) is 13.3 Å². The second-order valence-corrected chi connectivity index (χ2v) is 2.93. The molecule has 2 amide bonds. The van der Waals surface area contributed by atoms with Crippen LogP contribution in [0.15, 0.2) is 0 Å². The van der Waals surface area contributed by atoms with Gasteiger partial charge in [0.2, 0.25) is 11.8 Å². The molecule has 1 N–H and O–H groups in total. The Labute approximate surface area is 77.3 Å². The van der Waals surface area contributed by atoms with Gasteiger partial charge in [-0.2, -0.15) is 0 Å². The van der Waals surface area contributed by atoms with Gasteiger partial charge in [-0.05, 0) is 6.42 Å². The number of nitrogens with zero attached hydrogens (tertiary/aromatic N) is 1. The van der Waals surface area contributed by atoms with Crippen LogP contribution in [0.5, 0.6) is 0 Å². The minimum Gasteiger partial charge on any atom is -0.343 e. The molecule has 0 saturated carbocycles. The summed E-state index contributed by atoms with van der Waals surface area (Å²) in [6.07, 6.45) is 5.68. The molecule has 0 spiro atoms. The van der Waals surface area contributed by atoms with E-state index < -0.39 is 6.04 Å². The van der Waals surface area contributed by atoms with Crippen molar-refractivity contribution in [3.63, 3.8) is 0 Å². The maximum atomic E-state index is 11.5. The lowest BCUT2D eigenvalue weighted by atomic mass is 10.1. The van der Waals surface area contributed by atoms with Gasteiger partial charge >= 0.3 is 0 Å². The predicted octanol–water partition coefficient (Wildman–Crippen LogP) is -0.643. The summed E-state index contributed by atoms with van der Waals surface area (Å²) in [5, 5.41) is 2.61. The molecule has 0 bridgehead atoms. The molecule has 4 heteroatoms. The van der Waals surface area contributed by atoms with E-state index in [1.54, 1.807) is 0 Å². The molecular weight excluding hydrogens is 168 g/mol. The number of piperazine rings is 1. The number of nitrogens with one attached hydrogen (secondary N) is 1. The summed E-state index contributed by atoms with van der Waals surface area (Å²) in [4.78, 5) is 24.0. The number of carbonyl (C=O) groups excluding carboxylic acids is 2. The third kappa shape index (κ3) is 2.00. The van der Waals surface area contributed by atoms with Gasteiger partial charge in [0.15, 0.2) is 0 Å². The lowest BCUT2D eigenvalue weighted by Crippen LogP contribution is -2.57. The number of hydrogen-bond acceptors (Lipinski definition) is 2. The van der Waals surface area contributed by atoms with Gasteiger partial charge in [0.1, 0.15) is 12.6 Å². The van der Waals surface area contributed by atoms with Gasteiger partial charge in [-0.25, -0.2) is 0 Å². The number of hydrogen-bond donors (Lipinski definition) is 1. The number of amides is 2. The molecule has 0 aromatic carbocycles. The highest BCUT2D eigenvalue weighted by Crippen LogP contribution is 2.04. The quantitative estimate of drug-likeness (QED) is 0.574. The minimum absolute atomic E-state index is 0.0829. The van der Waals surface area contributed by atoms with Gasteiger partial charge in [-0.15, -0.1) is 6.42 Å². The van der Waals surface area contributed by atoms with E-state index in [2.05, 4.69) is 11.2 Å². The second-order valence-electron chi connectivity index (χ2n) is 2.93. The van der Waals surface area contributed by atoms with Gasteiger partial charge in [-0.3, -0.25) is 9.59 Å². The zero-order chi connectivity index (χ0) is 9.84. The van der Waals surface area contributed by atoms with E-state index in [-0.39, 0.29) is 24.9 Å². The van der Waals surface area contributed by atoms with Crippen molar-refractivity contribution < 1.29 is 9.59 Å². The molecule has 0 aliphatic carbocycles. The van der Waals surface area contributed by atoms with Crippen molar-refractivity contribution in [2.75, 3.05) is 13.1 Å². The Morgan fingerprint density at radius 2 is 2.38 bits per heavy atom. The highest BCUT2D eigenvalue weighted by atomic mass is 16.2. The molecule has 1 rings (SSSR count). The molecule has 13 heavy (non-hydrogen) atoms. The second kappa shape index (κ2) is 3.94. The monoisotopic (exact) mass is 180 g/mol. The Morgan fingerprint density at radius 1 is 1.69 bits per heavy atom. The van der Waals surface area contributed by atoms with E-state index in [9.17, 15) is 9.59 Å². The Balaban J connectivity index is 2.70. The molecule has 70 valence electrons. The molecule has 0 aromatic rings. The maximum absolute atomic E-state index is 11.5. The van der Waals surface area contributed by atoms with Crippen molar-refractivity contribution in [2.24, 2.45) is 0 Å². The first-order valence-corrected chi connectivity index (χ1v) is 4.20. The van der Waals surface area contributed by atoms with Crippen LogP contribution in [0.25, 0.3) is 0 Å². The predicted molar refractivity (Wildman–Crippen MR) is 47.6 cm³/mol. The average Bonchev–Trinajstić information content (AvgIpc) is 2.11. The average molecular weight is 180 g/mol. The lowest BCUT2D eigenvalue weighted by molar-refractivity contribution is -0.143. The summed E-state index contributed by atoms with van der Waals surface area (Å²) in [5.74, 6) is 2.14. The van der Waals surface area contributed by atoms with Crippen LogP contribution in [0.4, 0.5) is 0 Å². The largest absolute Gasteiger partial charge is 0.343 e. The van der Waals surface area contributed by atoms with E-state index in [1.165, 1.54) is 4.90 Å². The van der Waals surface area contributed by atoms with Crippen molar-refractivity contribution in [1.82, 2.24) is 10.2 Å². The first-order chi connectivity index (χ1) is 6.19. The van der Waals surface area contributed by atoms with Gasteiger partial charge in [0, 0.05) is 0 Å². The number of terminal acetylenes is 1.